The van der Waals surface area contributed by atoms with Gasteiger partial charge in [0.15, 0.2) is 5.82 Å². The fourth-order valence-corrected chi connectivity index (χ4v) is 2.35. The summed E-state index contributed by atoms with van der Waals surface area (Å²) in [6.07, 6.45) is 2.00. The molecule has 1 saturated carbocycles. The summed E-state index contributed by atoms with van der Waals surface area (Å²) in [6, 6.07) is -0.869. The highest BCUT2D eigenvalue weighted by Crippen LogP contribution is 2.35. The summed E-state index contributed by atoms with van der Waals surface area (Å²) >= 11 is 0. The first-order valence-corrected chi connectivity index (χ1v) is 6.40. The zero-order valence-electron chi connectivity index (χ0n) is 10.9. The number of aryl methyl sites for hydroxylation is 1. The molecule has 2 atom stereocenters. The molecule has 2 fully saturated rings. The molecule has 102 valence electrons. The van der Waals surface area contributed by atoms with E-state index in [2.05, 4.69) is 20.7 Å². The van der Waals surface area contributed by atoms with E-state index in [0.717, 1.165) is 12.8 Å². The Labute approximate surface area is 110 Å². The van der Waals surface area contributed by atoms with Crippen molar-refractivity contribution in [1.82, 2.24) is 30.4 Å². The second-order valence-corrected chi connectivity index (χ2v) is 5.16. The van der Waals surface area contributed by atoms with Crippen molar-refractivity contribution in [1.29, 1.82) is 0 Å². The van der Waals surface area contributed by atoms with E-state index in [1.54, 1.807) is 18.9 Å². The lowest BCUT2D eigenvalue weighted by Crippen LogP contribution is -2.62. The minimum atomic E-state index is -0.494. The summed E-state index contributed by atoms with van der Waals surface area (Å²) in [5.74, 6) is 0.593. The Hall–Kier alpha value is -1.99. The summed E-state index contributed by atoms with van der Waals surface area (Å²) in [5, 5.41) is 14.5. The minimum Gasteiger partial charge on any atom is -0.342 e. The normalized spacial score (nSPS) is 27.6. The van der Waals surface area contributed by atoms with Crippen LogP contribution in [0.15, 0.2) is 0 Å². The van der Waals surface area contributed by atoms with Crippen LogP contribution in [0.25, 0.3) is 0 Å². The molecular weight excluding hydrogens is 248 g/mol. The van der Waals surface area contributed by atoms with Gasteiger partial charge in [-0.1, -0.05) is 0 Å². The molecule has 1 saturated heterocycles. The Morgan fingerprint density at radius 1 is 1.37 bits per heavy atom. The lowest BCUT2D eigenvalue weighted by molar-refractivity contribution is -0.150. The maximum absolute atomic E-state index is 12.4. The second-order valence-electron chi connectivity index (χ2n) is 5.16. The van der Waals surface area contributed by atoms with Gasteiger partial charge >= 0.3 is 0 Å². The lowest BCUT2D eigenvalue weighted by atomic mass is 10.0. The number of nitrogens with zero attached hydrogens (tertiary/aromatic N) is 5. The first-order chi connectivity index (χ1) is 9.06. The fourth-order valence-electron chi connectivity index (χ4n) is 2.35. The van der Waals surface area contributed by atoms with Crippen molar-refractivity contribution >= 4 is 11.8 Å². The lowest BCUT2D eigenvalue weighted by Gasteiger charge is -2.36. The maximum atomic E-state index is 12.4. The highest BCUT2D eigenvalue weighted by Gasteiger charge is 2.45. The molecule has 1 N–H and O–H groups in total. The van der Waals surface area contributed by atoms with Crippen LogP contribution >= 0.6 is 0 Å². The monoisotopic (exact) mass is 264 g/mol. The van der Waals surface area contributed by atoms with E-state index < -0.39 is 6.04 Å². The number of nitrogens with one attached hydrogen (secondary N) is 1. The van der Waals surface area contributed by atoms with Crippen molar-refractivity contribution in [3.8, 4) is 0 Å². The molecule has 1 aromatic rings. The van der Waals surface area contributed by atoms with Crippen LogP contribution in [0.1, 0.15) is 25.6 Å². The highest BCUT2D eigenvalue weighted by molar-refractivity contribution is 5.97. The van der Waals surface area contributed by atoms with Gasteiger partial charge in [-0.3, -0.25) is 9.59 Å². The molecule has 1 aliphatic heterocycles. The van der Waals surface area contributed by atoms with Crippen LogP contribution < -0.4 is 5.32 Å². The molecule has 1 aromatic heterocycles. The molecule has 8 nitrogen and oxygen atoms in total. The van der Waals surface area contributed by atoms with Crippen LogP contribution in [-0.4, -0.2) is 49.0 Å². The summed E-state index contributed by atoms with van der Waals surface area (Å²) < 4.78 is 0. The zero-order valence-corrected chi connectivity index (χ0v) is 10.9. The topological polar surface area (TPSA) is 93.0 Å². The predicted octanol–water partition coefficient (Wildman–Crippen LogP) is -1.16. The summed E-state index contributed by atoms with van der Waals surface area (Å²) in [5.41, 5.74) is 0. The van der Waals surface area contributed by atoms with Crippen molar-refractivity contribution in [2.45, 2.75) is 38.4 Å². The van der Waals surface area contributed by atoms with Gasteiger partial charge in [-0.25, -0.2) is 0 Å². The van der Waals surface area contributed by atoms with E-state index in [0.29, 0.717) is 11.7 Å². The number of carbonyl (C=O) groups excluding carboxylic acids is 2. The van der Waals surface area contributed by atoms with Gasteiger partial charge in [0, 0.05) is 0 Å². The first kappa shape index (κ1) is 12.1. The minimum absolute atomic E-state index is 0.0398. The van der Waals surface area contributed by atoms with Crippen LogP contribution in [0.2, 0.25) is 0 Å². The standard InChI is InChI=1S/C11H16N6O2/c1-6-10(18)12-9(7-3-4-7)11(19)17(6)5-8-13-15-16(2)14-8/h6-7,9H,3-5H2,1-2H3,(H,12,18). The molecule has 1 aliphatic carbocycles. The Morgan fingerprint density at radius 2 is 2.11 bits per heavy atom. The number of hydrogen-bond donors (Lipinski definition) is 1. The van der Waals surface area contributed by atoms with E-state index in [9.17, 15) is 9.59 Å². The van der Waals surface area contributed by atoms with E-state index in [4.69, 9.17) is 0 Å². The van der Waals surface area contributed by atoms with E-state index in [1.165, 1.54) is 4.80 Å². The van der Waals surface area contributed by atoms with Crippen LogP contribution in [0.5, 0.6) is 0 Å². The summed E-state index contributed by atoms with van der Waals surface area (Å²) in [4.78, 5) is 27.2. The van der Waals surface area contributed by atoms with Gasteiger partial charge in [0.2, 0.25) is 11.8 Å². The molecule has 8 heteroatoms. The molecule has 0 bridgehead atoms. The average molecular weight is 264 g/mol. The number of carbonyl (C=O) groups is 2. The molecule has 19 heavy (non-hydrogen) atoms. The van der Waals surface area contributed by atoms with E-state index in [1.807, 2.05) is 0 Å². The number of hydrogen-bond acceptors (Lipinski definition) is 5. The largest absolute Gasteiger partial charge is 0.342 e. The molecule has 2 aliphatic rings. The quantitative estimate of drug-likeness (QED) is 0.743. The van der Waals surface area contributed by atoms with Crippen molar-refractivity contribution < 1.29 is 9.59 Å². The number of piperazine rings is 1. The van der Waals surface area contributed by atoms with Crippen molar-refractivity contribution in [2.75, 3.05) is 0 Å². The summed E-state index contributed by atoms with van der Waals surface area (Å²) in [6.45, 7) is 1.94. The molecular formula is C11H16N6O2. The Kier molecular flexibility index (Phi) is 2.72. The second kappa shape index (κ2) is 4.29. The van der Waals surface area contributed by atoms with Gasteiger partial charge in [0.1, 0.15) is 12.1 Å². The SMILES string of the molecule is CC1C(=O)NC(C2CC2)C(=O)N1Cc1nnn(C)n1. The van der Waals surface area contributed by atoms with Gasteiger partial charge in [0.05, 0.1) is 13.6 Å². The third-order valence-electron chi connectivity index (χ3n) is 3.65. The Bertz CT molecular complexity index is 523. The number of aromatic nitrogens is 4. The van der Waals surface area contributed by atoms with Crippen LogP contribution in [0.3, 0.4) is 0 Å². The number of rotatable bonds is 3. The fraction of sp³-hybridized carbons (Fsp3) is 0.727. The molecule has 2 heterocycles. The maximum Gasteiger partial charge on any atom is 0.246 e. The third kappa shape index (κ3) is 2.18. The van der Waals surface area contributed by atoms with Crippen molar-refractivity contribution in [2.24, 2.45) is 13.0 Å². The van der Waals surface area contributed by atoms with Crippen LogP contribution in [0, 0.1) is 5.92 Å². The first-order valence-electron chi connectivity index (χ1n) is 6.40. The zero-order chi connectivity index (χ0) is 13.6. The van der Waals surface area contributed by atoms with Gasteiger partial charge in [-0.05, 0) is 30.9 Å². The van der Waals surface area contributed by atoms with Crippen molar-refractivity contribution in [3.05, 3.63) is 5.82 Å². The van der Waals surface area contributed by atoms with E-state index in [-0.39, 0.29) is 24.4 Å². The predicted molar refractivity (Wildman–Crippen MR) is 63.5 cm³/mol. The van der Waals surface area contributed by atoms with Gasteiger partial charge in [-0.2, -0.15) is 4.80 Å². The molecule has 0 spiro atoms. The van der Waals surface area contributed by atoms with E-state index >= 15 is 0 Å². The Morgan fingerprint density at radius 3 is 2.68 bits per heavy atom. The van der Waals surface area contributed by atoms with Gasteiger partial charge in [-0.15, -0.1) is 10.2 Å². The summed E-state index contributed by atoms with van der Waals surface area (Å²) in [7, 11) is 1.66. The number of amides is 2. The van der Waals surface area contributed by atoms with Crippen molar-refractivity contribution in [3.63, 3.8) is 0 Å². The van der Waals surface area contributed by atoms with Crippen LogP contribution in [0.4, 0.5) is 0 Å². The van der Waals surface area contributed by atoms with Gasteiger partial charge < -0.3 is 10.2 Å². The molecule has 0 aromatic carbocycles. The third-order valence-corrected chi connectivity index (χ3v) is 3.65. The Balaban J connectivity index is 1.80. The van der Waals surface area contributed by atoms with Gasteiger partial charge in [0.25, 0.3) is 0 Å². The molecule has 3 rings (SSSR count). The molecule has 0 radical (unpaired) electrons. The molecule has 2 amide bonds. The molecule has 2 unspecified atom stereocenters. The average Bonchev–Trinajstić information content (AvgIpc) is 3.13. The smallest absolute Gasteiger partial charge is 0.246 e. The highest BCUT2D eigenvalue weighted by atomic mass is 16.2. The number of tetrazole rings is 1. The van der Waals surface area contributed by atoms with Crippen LogP contribution in [-0.2, 0) is 23.2 Å².